The van der Waals surface area contributed by atoms with Gasteiger partial charge in [-0.15, -0.1) is 0 Å². The molecule has 8 heteroatoms. The van der Waals surface area contributed by atoms with E-state index in [9.17, 15) is 10.1 Å². The van der Waals surface area contributed by atoms with Gasteiger partial charge >= 0.3 is 5.97 Å². The first-order valence-electron chi connectivity index (χ1n) is 9.90. The Labute approximate surface area is 189 Å². The van der Waals surface area contributed by atoms with Crippen LogP contribution in [0.1, 0.15) is 28.2 Å². The van der Waals surface area contributed by atoms with Crippen molar-refractivity contribution in [3.05, 3.63) is 90.1 Å². The van der Waals surface area contributed by atoms with E-state index in [2.05, 4.69) is 21.2 Å². The number of benzene rings is 2. The van der Waals surface area contributed by atoms with Crippen LogP contribution in [0.4, 0.5) is 0 Å². The van der Waals surface area contributed by atoms with E-state index >= 15 is 0 Å². The van der Waals surface area contributed by atoms with Crippen LogP contribution >= 0.6 is 11.8 Å². The van der Waals surface area contributed by atoms with E-state index in [0.717, 1.165) is 15.4 Å². The summed E-state index contributed by atoms with van der Waals surface area (Å²) in [6.45, 7) is 0.219. The number of nitrogens with zero attached hydrogens (tertiary/aromatic N) is 4. The van der Waals surface area contributed by atoms with Gasteiger partial charge in [0.15, 0.2) is 0 Å². The molecule has 2 aromatic heterocycles. The van der Waals surface area contributed by atoms with Gasteiger partial charge in [0, 0.05) is 34.2 Å². The van der Waals surface area contributed by atoms with Gasteiger partial charge in [0.2, 0.25) is 11.7 Å². The van der Waals surface area contributed by atoms with E-state index in [0.29, 0.717) is 35.7 Å². The first-order chi connectivity index (χ1) is 15.7. The van der Waals surface area contributed by atoms with Gasteiger partial charge in [0.25, 0.3) is 0 Å². The maximum atomic E-state index is 12.7. The lowest BCUT2D eigenvalue weighted by Gasteiger charge is -2.10. The Kier molecular flexibility index (Phi) is 6.90. The molecule has 0 N–H and O–H groups in total. The number of pyridine rings is 1. The summed E-state index contributed by atoms with van der Waals surface area (Å²) in [6, 6.07) is 20.3. The largest absolute Gasteiger partial charge is 0.462 e. The molecule has 4 rings (SSSR count). The van der Waals surface area contributed by atoms with E-state index in [1.54, 1.807) is 36.7 Å². The molecule has 0 spiro atoms. The minimum Gasteiger partial charge on any atom is -0.462 e. The van der Waals surface area contributed by atoms with Crippen LogP contribution in [0.3, 0.4) is 0 Å². The van der Waals surface area contributed by atoms with Crippen molar-refractivity contribution in [1.29, 1.82) is 5.26 Å². The van der Waals surface area contributed by atoms with E-state index in [1.165, 1.54) is 11.8 Å². The molecular formula is C24H18N4O3S. The highest BCUT2D eigenvalue weighted by Crippen LogP contribution is 2.32. The third-order valence-corrected chi connectivity index (χ3v) is 5.64. The van der Waals surface area contributed by atoms with Crippen LogP contribution in [0.25, 0.3) is 11.4 Å². The molecule has 0 fully saturated rings. The highest BCUT2D eigenvalue weighted by Gasteiger charge is 2.15. The van der Waals surface area contributed by atoms with E-state index in [1.807, 2.05) is 36.4 Å². The fourth-order valence-corrected chi connectivity index (χ4v) is 3.94. The van der Waals surface area contributed by atoms with Gasteiger partial charge in [-0.1, -0.05) is 41.2 Å². The number of aryl methyl sites for hydroxylation is 1. The number of nitriles is 1. The average molecular weight is 443 g/mol. The average Bonchev–Trinajstić information content (AvgIpc) is 3.32. The molecule has 0 saturated carbocycles. The standard InChI is InChI=1S/C24H18N4O3S/c25-15-17-7-1-3-10-20(17)32-21-11-4-2-9-19(21)24(29)30-14-6-12-22-27-23(28-31-22)18-8-5-13-26-16-18/h1-5,7-11,13,16H,6,12,14H2. The van der Waals surface area contributed by atoms with Gasteiger partial charge < -0.3 is 9.26 Å². The number of ether oxygens (including phenoxy) is 1. The molecule has 4 aromatic rings. The third-order valence-electron chi connectivity index (χ3n) is 4.49. The lowest BCUT2D eigenvalue weighted by atomic mass is 10.2. The molecule has 0 bridgehead atoms. The zero-order chi connectivity index (χ0) is 22.2. The minimum absolute atomic E-state index is 0.219. The van der Waals surface area contributed by atoms with Gasteiger partial charge in [-0.25, -0.2) is 4.79 Å². The van der Waals surface area contributed by atoms with Gasteiger partial charge in [-0.3, -0.25) is 4.98 Å². The SMILES string of the molecule is N#Cc1ccccc1Sc1ccccc1C(=O)OCCCc1nc(-c2cccnc2)no1. The molecule has 0 aliphatic rings. The number of aromatic nitrogens is 3. The first kappa shape index (κ1) is 21.3. The summed E-state index contributed by atoms with van der Waals surface area (Å²) in [6.07, 6.45) is 4.39. The molecule has 0 aliphatic carbocycles. The van der Waals surface area contributed by atoms with Gasteiger partial charge in [-0.05, 0) is 42.8 Å². The molecule has 2 aromatic carbocycles. The number of hydrogen-bond acceptors (Lipinski definition) is 8. The third kappa shape index (κ3) is 5.20. The van der Waals surface area contributed by atoms with Crippen LogP contribution in [0.15, 0.2) is 87.4 Å². The second-order valence-electron chi connectivity index (χ2n) is 6.70. The van der Waals surface area contributed by atoms with Crippen molar-refractivity contribution in [2.45, 2.75) is 22.6 Å². The lowest BCUT2D eigenvalue weighted by molar-refractivity contribution is 0.0494. The Morgan fingerprint density at radius 3 is 2.69 bits per heavy atom. The van der Waals surface area contributed by atoms with Gasteiger partial charge in [-0.2, -0.15) is 10.2 Å². The molecule has 0 amide bonds. The molecule has 32 heavy (non-hydrogen) atoms. The zero-order valence-electron chi connectivity index (χ0n) is 17.0. The Hall–Kier alpha value is -3.96. The van der Waals surface area contributed by atoms with Crippen LogP contribution < -0.4 is 0 Å². The quantitative estimate of drug-likeness (QED) is 0.279. The molecule has 0 aliphatic heterocycles. The summed E-state index contributed by atoms with van der Waals surface area (Å²) in [4.78, 5) is 22.6. The first-order valence-corrected chi connectivity index (χ1v) is 10.7. The maximum absolute atomic E-state index is 12.7. The summed E-state index contributed by atoms with van der Waals surface area (Å²) in [5.74, 6) is 0.543. The summed E-state index contributed by atoms with van der Waals surface area (Å²) >= 11 is 1.37. The molecule has 7 nitrogen and oxygen atoms in total. The zero-order valence-corrected chi connectivity index (χ0v) is 17.8. The summed E-state index contributed by atoms with van der Waals surface area (Å²) in [5, 5.41) is 13.3. The number of carbonyl (C=O) groups is 1. The molecule has 2 heterocycles. The Morgan fingerprint density at radius 2 is 1.88 bits per heavy atom. The second-order valence-corrected chi connectivity index (χ2v) is 7.78. The summed E-state index contributed by atoms with van der Waals surface area (Å²) in [7, 11) is 0. The van der Waals surface area contributed by atoms with Gasteiger partial charge in [0.05, 0.1) is 17.7 Å². The Balaban J connectivity index is 1.33. The minimum atomic E-state index is -0.413. The number of carbonyl (C=O) groups excluding carboxylic acids is 1. The van der Waals surface area contributed by atoms with E-state index in [-0.39, 0.29) is 6.61 Å². The fraction of sp³-hybridized carbons (Fsp3) is 0.125. The Morgan fingerprint density at radius 1 is 1.06 bits per heavy atom. The van der Waals surface area contributed by atoms with Crippen LogP contribution in [-0.4, -0.2) is 27.7 Å². The van der Waals surface area contributed by atoms with Crippen molar-refractivity contribution in [3.63, 3.8) is 0 Å². The fourth-order valence-electron chi connectivity index (χ4n) is 2.93. The van der Waals surface area contributed by atoms with E-state index in [4.69, 9.17) is 9.26 Å². The predicted molar refractivity (Wildman–Crippen MR) is 118 cm³/mol. The van der Waals surface area contributed by atoms with Crippen LogP contribution in [0.5, 0.6) is 0 Å². The van der Waals surface area contributed by atoms with Crippen molar-refractivity contribution >= 4 is 17.7 Å². The maximum Gasteiger partial charge on any atom is 0.339 e. The monoisotopic (exact) mass is 442 g/mol. The van der Waals surface area contributed by atoms with Gasteiger partial charge in [0.1, 0.15) is 6.07 Å². The van der Waals surface area contributed by atoms with Crippen LogP contribution in [0, 0.1) is 11.3 Å². The molecular weight excluding hydrogens is 424 g/mol. The predicted octanol–water partition coefficient (Wildman–Crippen LogP) is 4.94. The molecule has 0 unspecified atom stereocenters. The van der Waals surface area contributed by atoms with Crippen molar-refractivity contribution in [1.82, 2.24) is 15.1 Å². The number of hydrogen-bond donors (Lipinski definition) is 0. The number of esters is 1. The summed E-state index contributed by atoms with van der Waals surface area (Å²) < 4.78 is 10.7. The molecule has 0 saturated heterocycles. The molecule has 158 valence electrons. The number of rotatable bonds is 8. The van der Waals surface area contributed by atoms with Crippen LogP contribution in [0.2, 0.25) is 0 Å². The van der Waals surface area contributed by atoms with Crippen molar-refractivity contribution in [2.75, 3.05) is 6.61 Å². The smallest absolute Gasteiger partial charge is 0.339 e. The highest BCUT2D eigenvalue weighted by molar-refractivity contribution is 7.99. The lowest BCUT2D eigenvalue weighted by Crippen LogP contribution is -2.08. The topological polar surface area (TPSA) is 102 Å². The van der Waals surface area contributed by atoms with Crippen molar-refractivity contribution in [3.8, 4) is 17.5 Å². The summed E-state index contributed by atoms with van der Waals surface area (Å²) in [5.41, 5.74) is 1.80. The molecule has 0 radical (unpaired) electrons. The molecule has 0 atom stereocenters. The Bertz CT molecular complexity index is 1250. The van der Waals surface area contributed by atoms with E-state index < -0.39 is 5.97 Å². The second kappa shape index (κ2) is 10.4. The van der Waals surface area contributed by atoms with Crippen molar-refractivity contribution < 1.29 is 14.1 Å². The van der Waals surface area contributed by atoms with Crippen LogP contribution in [-0.2, 0) is 11.2 Å². The highest BCUT2D eigenvalue weighted by atomic mass is 32.2. The normalized spacial score (nSPS) is 10.5. The van der Waals surface area contributed by atoms with Crippen molar-refractivity contribution in [2.24, 2.45) is 0 Å².